The van der Waals surface area contributed by atoms with Crippen LogP contribution in [0.15, 0.2) is 11.4 Å². The van der Waals surface area contributed by atoms with Crippen molar-refractivity contribution in [3.05, 3.63) is 27.1 Å². The fourth-order valence-corrected chi connectivity index (χ4v) is 2.18. The van der Waals surface area contributed by atoms with Crippen LogP contribution in [-0.2, 0) is 6.54 Å². The molecule has 0 atom stereocenters. The van der Waals surface area contributed by atoms with Gasteiger partial charge in [0, 0.05) is 18.0 Å². The van der Waals surface area contributed by atoms with E-state index in [0.29, 0.717) is 0 Å². The molecule has 1 aromatic rings. The highest BCUT2D eigenvalue weighted by Gasteiger charge is 2.10. The number of thiophene rings is 1. The zero-order valence-corrected chi connectivity index (χ0v) is 10.4. The molecule has 0 aliphatic carbocycles. The molecule has 5 nitrogen and oxygen atoms in total. The molecule has 0 saturated carbocycles. The fraction of sp³-hybridized carbons (Fsp3) is 0.600. The Kier molecular flexibility index (Phi) is 5.37. The minimum atomic E-state index is -0.338. The predicted octanol–water partition coefficient (Wildman–Crippen LogP) is 1.70. The summed E-state index contributed by atoms with van der Waals surface area (Å²) in [6.07, 6.45) is 1.08. The van der Waals surface area contributed by atoms with Gasteiger partial charge in [0.1, 0.15) is 0 Å². The van der Waals surface area contributed by atoms with Gasteiger partial charge in [-0.1, -0.05) is 11.3 Å². The van der Waals surface area contributed by atoms with E-state index < -0.39 is 0 Å². The Hall–Kier alpha value is -0.980. The highest BCUT2D eigenvalue weighted by Crippen LogP contribution is 2.23. The minimum absolute atomic E-state index is 0.221. The second-order valence-electron chi connectivity index (χ2n) is 3.75. The molecule has 0 spiro atoms. The van der Waals surface area contributed by atoms with Gasteiger partial charge in [-0.05, 0) is 39.2 Å². The van der Waals surface area contributed by atoms with Crippen LogP contribution in [0.4, 0.5) is 5.00 Å². The molecule has 0 aromatic carbocycles. The van der Waals surface area contributed by atoms with Crippen LogP contribution in [0.25, 0.3) is 0 Å². The molecule has 0 radical (unpaired) electrons. The smallest absolute Gasteiger partial charge is 0.320 e. The summed E-state index contributed by atoms with van der Waals surface area (Å²) >= 11 is 1.19. The third kappa shape index (κ3) is 4.26. The van der Waals surface area contributed by atoms with E-state index in [1.54, 1.807) is 6.07 Å². The molecule has 16 heavy (non-hydrogen) atoms. The summed E-state index contributed by atoms with van der Waals surface area (Å²) in [4.78, 5) is 12.3. The Balaban J connectivity index is 2.37. The summed E-state index contributed by atoms with van der Waals surface area (Å²) in [5, 5.41) is 15.7. The second kappa shape index (κ2) is 6.57. The molecular formula is C10H17N3O2S. The van der Waals surface area contributed by atoms with Gasteiger partial charge in [-0.3, -0.25) is 10.1 Å². The first kappa shape index (κ1) is 13.1. The largest absolute Gasteiger partial charge is 0.324 e. The fourth-order valence-electron chi connectivity index (χ4n) is 1.46. The van der Waals surface area contributed by atoms with Gasteiger partial charge in [0.25, 0.3) is 0 Å². The van der Waals surface area contributed by atoms with Crippen molar-refractivity contribution in [3.63, 3.8) is 0 Å². The first-order valence-corrected chi connectivity index (χ1v) is 6.06. The number of hydrogen-bond donors (Lipinski definition) is 1. The molecule has 90 valence electrons. The quantitative estimate of drug-likeness (QED) is 0.450. The van der Waals surface area contributed by atoms with E-state index in [0.717, 1.165) is 31.6 Å². The monoisotopic (exact) mass is 243 g/mol. The van der Waals surface area contributed by atoms with Gasteiger partial charge in [0.2, 0.25) is 0 Å². The summed E-state index contributed by atoms with van der Waals surface area (Å²) in [6, 6.07) is 1.65. The topological polar surface area (TPSA) is 58.4 Å². The molecule has 0 fully saturated rings. The van der Waals surface area contributed by atoms with Gasteiger partial charge in [-0.2, -0.15) is 0 Å². The molecular weight excluding hydrogens is 226 g/mol. The van der Waals surface area contributed by atoms with Crippen LogP contribution in [0, 0.1) is 10.1 Å². The van der Waals surface area contributed by atoms with Gasteiger partial charge >= 0.3 is 5.00 Å². The molecule has 0 amide bonds. The number of nitro groups is 1. The third-order valence-electron chi connectivity index (χ3n) is 2.24. The van der Waals surface area contributed by atoms with Crippen molar-refractivity contribution in [2.45, 2.75) is 13.0 Å². The number of nitrogens with zero attached hydrogens (tertiary/aromatic N) is 2. The van der Waals surface area contributed by atoms with E-state index in [-0.39, 0.29) is 9.92 Å². The highest BCUT2D eigenvalue weighted by molar-refractivity contribution is 7.13. The molecule has 1 N–H and O–H groups in total. The van der Waals surface area contributed by atoms with Gasteiger partial charge in [-0.15, -0.1) is 0 Å². The summed E-state index contributed by atoms with van der Waals surface area (Å²) < 4.78 is 0. The lowest BCUT2D eigenvalue weighted by Crippen LogP contribution is -2.22. The van der Waals surface area contributed by atoms with Crippen LogP contribution < -0.4 is 5.32 Å². The SMILES string of the molecule is CNCCCN(C)Cc1csc([N+](=O)[O-])c1. The highest BCUT2D eigenvalue weighted by atomic mass is 32.1. The lowest BCUT2D eigenvalue weighted by molar-refractivity contribution is -0.380. The van der Waals surface area contributed by atoms with E-state index in [4.69, 9.17) is 0 Å². The normalized spacial score (nSPS) is 10.9. The van der Waals surface area contributed by atoms with Crippen molar-refractivity contribution in [1.82, 2.24) is 10.2 Å². The third-order valence-corrected chi connectivity index (χ3v) is 3.17. The van der Waals surface area contributed by atoms with Crippen molar-refractivity contribution in [2.24, 2.45) is 0 Å². The van der Waals surface area contributed by atoms with Crippen molar-refractivity contribution < 1.29 is 4.92 Å². The standard InChI is InChI=1S/C10H17N3O2S/c1-11-4-3-5-12(2)7-9-6-10(13(14)15)16-8-9/h6,8,11H,3-5,7H2,1-2H3. The van der Waals surface area contributed by atoms with Gasteiger partial charge in [0.05, 0.1) is 4.92 Å². The van der Waals surface area contributed by atoms with Crippen molar-refractivity contribution in [1.29, 1.82) is 0 Å². The van der Waals surface area contributed by atoms with Crippen molar-refractivity contribution in [3.8, 4) is 0 Å². The molecule has 6 heteroatoms. The van der Waals surface area contributed by atoms with Crippen molar-refractivity contribution in [2.75, 3.05) is 27.2 Å². The zero-order valence-electron chi connectivity index (χ0n) is 9.60. The first-order chi connectivity index (χ1) is 7.63. The van der Waals surface area contributed by atoms with Crippen LogP contribution >= 0.6 is 11.3 Å². The van der Waals surface area contributed by atoms with Crippen LogP contribution in [0.5, 0.6) is 0 Å². The number of rotatable bonds is 7. The molecule has 1 rings (SSSR count). The van der Waals surface area contributed by atoms with E-state index in [2.05, 4.69) is 10.2 Å². The van der Waals surface area contributed by atoms with E-state index in [9.17, 15) is 10.1 Å². The molecule has 0 saturated heterocycles. The Morgan fingerprint density at radius 2 is 2.38 bits per heavy atom. The van der Waals surface area contributed by atoms with Gasteiger partial charge in [-0.25, -0.2) is 0 Å². The molecule has 0 aliphatic rings. The molecule has 0 aliphatic heterocycles. The molecule has 0 bridgehead atoms. The molecule has 1 aromatic heterocycles. The zero-order chi connectivity index (χ0) is 12.0. The van der Waals surface area contributed by atoms with Crippen LogP contribution in [0.1, 0.15) is 12.0 Å². The molecule has 1 heterocycles. The van der Waals surface area contributed by atoms with Crippen molar-refractivity contribution >= 4 is 16.3 Å². The summed E-state index contributed by atoms with van der Waals surface area (Å²) in [6.45, 7) is 2.76. The lowest BCUT2D eigenvalue weighted by atomic mass is 10.3. The van der Waals surface area contributed by atoms with Crippen LogP contribution in [0.2, 0.25) is 0 Å². The average Bonchev–Trinajstić information content (AvgIpc) is 2.66. The maximum absolute atomic E-state index is 10.5. The number of nitrogens with one attached hydrogen (secondary N) is 1. The van der Waals surface area contributed by atoms with Crippen LogP contribution in [0.3, 0.4) is 0 Å². The second-order valence-corrected chi connectivity index (χ2v) is 4.63. The Morgan fingerprint density at radius 3 is 2.94 bits per heavy atom. The Bertz CT molecular complexity index is 341. The van der Waals surface area contributed by atoms with Gasteiger partial charge < -0.3 is 10.2 Å². The van der Waals surface area contributed by atoms with Crippen LogP contribution in [-0.4, -0.2) is 37.0 Å². The maximum atomic E-state index is 10.5. The Labute approximate surface area is 99.2 Å². The first-order valence-electron chi connectivity index (χ1n) is 5.18. The molecule has 0 unspecified atom stereocenters. The summed E-state index contributed by atoms with van der Waals surface area (Å²) in [5.74, 6) is 0. The number of hydrogen-bond acceptors (Lipinski definition) is 5. The van der Waals surface area contributed by atoms with E-state index >= 15 is 0 Å². The Morgan fingerprint density at radius 1 is 1.62 bits per heavy atom. The van der Waals surface area contributed by atoms with E-state index in [1.807, 2.05) is 19.5 Å². The lowest BCUT2D eigenvalue weighted by Gasteiger charge is -2.15. The summed E-state index contributed by atoms with van der Waals surface area (Å²) in [7, 11) is 3.96. The van der Waals surface area contributed by atoms with Gasteiger partial charge in [0.15, 0.2) is 0 Å². The predicted molar refractivity (Wildman–Crippen MR) is 65.9 cm³/mol. The average molecular weight is 243 g/mol. The minimum Gasteiger partial charge on any atom is -0.320 e. The maximum Gasteiger partial charge on any atom is 0.324 e. The summed E-state index contributed by atoms with van der Waals surface area (Å²) in [5.41, 5.74) is 1.02. The van der Waals surface area contributed by atoms with E-state index in [1.165, 1.54) is 11.3 Å².